The van der Waals surface area contributed by atoms with Gasteiger partial charge in [-0.2, -0.15) is 0 Å². The minimum absolute atomic E-state index is 0.0657. The minimum atomic E-state index is -0.168. The zero-order valence-corrected chi connectivity index (χ0v) is 13.2. The van der Waals surface area contributed by atoms with Crippen molar-refractivity contribution in [2.45, 2.75) is 46.0 Å². The molecule has 2 aliphatic carbocycles. The number of hydrogen-bond acceptors (Lipinski definition) is 2. The second-order valence-electron chi connectivity index (χ2n) is 6.29. The molecule has 4 nitrogen and oxygen atoms in total. The first-order valence-corrected chi connectivity index (χ1v) is 8.42. The summed E-state index contributed by atoms with van der Waals surface area (Å²) in [4.78, 5) is 24.9. The van der Waals surface area contributed by atoms with Gasteiger partial charge in [-0.3, -0.25) is 9.59 Å². The summed E-state index contributed by atoms with van der Waals surface area (Å²) in [6, 6.07) is 0. The lowest BCUT2D eigenvalue weighted by atomic mass is 9.81. The molecule has 0 aromatic carbocycles. The molecule has 0 unspecified atom stereocenters. The van der Waals surface area contributed by atoms with Gasteiger partial charge in [0.1, 0.15) is 0 Å². The van der Waals surface area contributed by atoms with Crippen LogP contribution in [0.2, 0.25) is 0 Å². The summed E-state index contributed by atoms with van der Waals surface area (Å²) < 4.78 is 0. The van der Waals surface area contributed by atoms with Crippen LogP contribution in [0, 0.1) is 23.7 Å². The fourth-order valence-corrected chi connectivity index (χ4v) is 3.55. The Labute approximate surface area is 127 Å². The molecule has 2 aliphatic rings. The molecular formula is C17H28N2O2. The normalized spacial score (nSPS) is 29.6. The van der Waals surface area contributed by atoms with Gasteiger partial charge in [0.2, 0.25) is 11.8 Å². The number of amides is 2. The van der Waals surface area contributed by atoms with Crippen LogP contribution in [-0.2, 0) is 9.59 Å². The first-order valence-electron chi connectivity index (χ1n) is 8.42. The van der Waals surface area contributed by atoms with Gasteiger partial charge in [0.15, 0.2) is 0 Å². The van der Waals surface area contributed by atoms with Crippen molar-refractivity contribution >= 4 is 11.8 Å². The maximum Gasteiger partial charge on any atom is 0.224 e. The highest BCUT2D eigenvalue weighted by atomic mass is 16.2. The topological polar surface area (TPSA) is 58.2 Å². The molecule has 0 radical (unpaired) electrons. The van der Waals surface area contributed by atoms with Gasteiger partial charge in [-0.05, 0) is 31.1 Å². The molecule has 0 aromatic heterocycles. The van der Waals surface area contributed by atoms with Gasteiger partial charge in [-0.15, -0.1) is 0 Å². The van der Waals surface area contributed by atoms with Gasteiger partial charge in [-0.25, -0.2) is 0 Å². The fourth-order valence-electron chi connectivity index (χ4n) is 3.55. The average Bonchev–Trinajstić information content (AvgIpc) is 3.08. The van der Waals surface area contributed by atoms with E-state index < -0.39 is 0 Å². The SMILES string of the molecule is CCCCNC(=O)[C@@H]1[C@H](C(=O)NCCCC)[C@H]2C=C[C@H]1C2. The summed E-state index contributed by atoms with van der Waals surface area (Å²) in [5, 5.41) is 6.02. The van der Waals surface area contributed by atoms with Crippen molar-refractivity contribution in [2.75, 3.05) is 13.1 Å². The van der Waals surface area contributed by atoms with Gasteiger partial charge in [-0.1, -0.05) is 38.8 Å². The Morgan fingerprint density at radius 2 is 1.33 bits per heavy atom. The zero-order valence-electron chi connectivity index (χ0n) is 13.2. The molecule has 118 valence electrons. The van der Waals surface area contributed by atoms with Gasteiger partial charge < -0.3 is 10.6 Å². The monoisotopic (exact) mass is 292 g/mol. The summed E-state index contributed by atoms with van der Waals surface area (Å²) in [6.45, 7) is 5.65. The van der Waals surface area contributed by atoms with E-state index in [2.05, 4.69) is 36.6 Å². The van der Waals surface area contributed by atoms with Crippen molar-refractivity contribution in [1.29, 1.82) is 0 Å². The highest BCUT2D eigenvalue weighted by Crippen LogP contribution is 2.48. The van der Waals surface area contributed by atoms with Crippen LogP contribution >= 0.6 is 0 Å². The predicted octanol–water partition coefficient (Wildman–Crippen LogP) is 2.26. The summed E-state index contributed by atoms with van der Waals surface area (Å²) in [6.07, 6.45) is 9.34. The van der Waals surface area contributed by atoms with Crippen molar-refractivity contribution < 1.29 is 9.59 Å². The van der Waals surface area contributed by atoms with Crippen LogP contribution in [0.1, 0.15) is 46.0 Å². The Kier molecular flexibility index (Phi) is 5.83. The third kappa shape index (κ3) is 3.66. The number of nitrogens with one attached hydrogen (secondary N) is 2. The Balaban J connectivity index is 1.95. The molecule has 2 amide bonds. The van der Waals surface area contributed by atoms with E-state index in [1.165, 1.54) is 0 Å². The molecule has 21 heavy (non-hydrogen) atoms. The summed E-state index contributed by atoms with van der Waals surface area (Å²) in [5.74, 6) is 0.293. The number of carbonyl (C=O) groups excluding carboxylic acids is 2. The summed E-state index contributed by atoms with van der Waals surface area (Å²) in [7, 11) is 0. The lowest BCUT2D eigenvalue weighted by molar-refractivity contribution is -0.135. The molecule has 1 fully saturated rings. The van der Waals surface area contributed by atoms with Crippen molar-refractivity contribution in [2.24, 2.45) is 23.7 Å². The van der Waals surface area contributed by atoms with Crippen molar-refractivity contribution in [3.05, 3.63) is 12.2 Å². The maximum atomic E-state index is 12.4. The van der Waals surface area contributed by atoms with E-state index in [0.29, 0.717) is 0 Å². The summed E-state index contributed by atoms with van der Waals surface area (Å²) >= 11 is 0. The smallest absolute Gasteiger partial charge is 0.224 e. The standard InChI is InChI=1S/C17H28N2O2/c1-3-5-9-18-16(20)14-12-7-8-13(11-12)15(14)17(21)19-10-6-4-2/h7-8,12-15H,3-6,9-11H2,1-2H3,(H,18,20)(H,19,21)/t12-,13-,14-,15+/m0/s1. The molecule has 0 spiro atoms. The Morgan fingerprint density at radius 1 is 0.905 bits per heavy atom. The van der Waals surface area contributed by atoms with E-state index in [9.17, 15) is 9.59 Å². The number of carbonyl (C=O) groups is 2. The van der Waals surface area contributed by atoms with E-state index >= 15 is 0 Å². The molecule has 0 aromatic rings. The third-order valence-corrected chi connectivity index (χ3v) is 4.72. The number of rotatable bonds is 8. The number of allylic oxidation sites excluding steroid dienone is 2. The lowest BCUT2D eigenvalue weighted by Gasteiger charge is -2.26. The number of hydrogen-bond donors (Lipinski definition) is 2. The van der Waals surface area contributed by atoms with Crippen LogP contribution in [-0.4, -0.2) is 24.9 Å². The molecule has 0 aliphatic heterocycles. The van der Waals surface area contributed by atoms with Crippen molar-refractivity contribution in [1.82, 2.24) is 10.6 Å². The van der Waals surface area contributed by atoms with Crippen LogP contribution in [0.3, 0.4) is 0 Å². The van der Waals surface area contributed by atoms with Crippen molar-refractivity contribution in [3.63, 3.8) is 0 Å². The Morgan fingerprint density at radius 3 is 1.71 bits per heavy atom. The third-order valence-electron chi connectivity index (χ3n) is 4.72. The van der Waals surface area contributed by atoms with E-state index in [0.717, 1.165) is 45.2 Å². The van der Waals surface area contributed by atoms with Crippen molar-refractivity contribution in [3.8, 4) is 0 Å². The first-order chi connectivity index (χ1) is 10.2. The zero-order chi connectivity index (χ0) is 15.2. The first kappa shape index (κ1) is 16.1. The Hall–Kier alpha value is -1.32. The van der Waals surface area contributed by atoms with Gasteiger partial charge in [0.05, 0.1) is 11.8 Å². The van der Waals surface area contributed by atoms with E-state index in [-0.39, 0.29) is 35.5 Å². The van der Waals surface area contributed by atoms with Gasteiger partial charge in [0, 0.05) is 13.1 Å². The molecule has 0 heterocycles. The number of fused-ring (bicyclic) bond motifs is 2. The second kappa shape index (κ2) is 7.62. The Bertz CT molecular complexity index is 370. The molecular weight excluding hydrogens is 264 g/mol. The summed E-state index contributed by atoms with van der Waals surface area (Å²) in [5.41, 5.74) is 0. The maximum absolute atomic E-state index is 12.4. The molecule has 2 rings (SSSR count). The highest BCUT2D eigenvalue weighted by molar-refractivity contribution is 5.89. The molecule has 4 atom stereocenters. The molecule has 2 N–H and O–H groups in total. The van der Waals surface area contributed by atoms with Crippen LogP contribution in [0.5, 0.6) is 0 Å². The van der Waals surface area contributed by atoms with Crippen LogP contribution in [0.15, 0.2) is 12.2 Å². The van der Waals surface area contributed by atoms with E-state index in [1.54, 1.807) is 0 Å². The van der Waals surface area contributed by atoms with Crippen LogP contribution in [0.25, 0.3) is 0 Å². The molecule has 4 heteroatoms. The second-order valence-corrected chi connectivity index (χ2v) is 6.29. The minimum Gasteiger partial charge on any atom is -0.356 e. The largest absolute Gasteiger partial charge is 0.356 e. The lowest BCUT2D eigenvalue weighted by Crippen LogP contribution is -2.44. The quantitative estimate of drug-likeness (QED) is 0.532. The van der Waals surface area contributed by atoms with E-state index in [4.69, 9.17) is 0 Å². The van der Waals surface area contributed by atoms with Gasteiger partial charge in [0.25, 0.3) is 0 Å². The predicted molar refractivity (Wildman–Crippen MR) is 83.6 cm³/mol. The van der Waals surface area contributed by atoms with Gasteiger partial charge >= 0.3 is 0 Å². The fraction of sp³-hybridized carbons (Fsp3) is 0.765. The number of unbranched alkanes of at least 4 members (excludes halogenated alkanes) is 2. The van der Waals surface area contributed by atoms with E-state index in [1.807, 2.05) is 0 Å². The highest BCUT2D eigenvalue weighted by Gasteiger charge is 2.51. The van der Waals surface area contributed by atoms with Crippen LogP contribution in [0.4, 0.5) is 0 Å². The van der Waals surface area contributed by atoms with Crippen LogP contribution < -0.4 is 10.6 Å². The average molecular weight is 292 g/mol. The molecule has 2 bridgehead atoms. The molecule has 1 saturated carbocycles. The molecule has 0 saturated heterocycles.